The van der Waals surface area contributed by atoms with Gasteiger partial charge in [-0.05, 0) is 37.0 Å². The van der Waals surface area contributed by atoms with Crippen LogP contribution in [0.4, 0.5) is 4.79 Å². The normalized spacial score (nSPS) is 14.9. The molecule has 1 aliphatic heterocycles. The van der Waals surface area contributed by atoms with E-state index in [0.717, 1.165) is 31.5 Å². The monoisotopic (exact) mass is 243 g/mol. The largest absolute Gasteiger partial charge is 0.334 e. The predicted molar refractivity (Wildman–Crippen MR) is 68.8 cm³/mol. The van der Waals surface area contributed by atoms with Gasteiger partial charge in [0.2, 0.25) is 0 Å². The van der Waals surface area contributed by atoms with Crippen LogP contribution in [-0.2, 0) is 6.54 Å². The molecule has 4 heteroatoms. The SMILES string of the molecule is N#Cc1ccc(CNC(=O)N2CCCCC2)cc1. The summed E-state index contributed by atoms with van der Waals surface area (Å²) in [5.74, 6) is 0. The van der Waals surface area contributed by atoms with Gasteiger partial charge in [0, 0.05) is 19.6 Å². The number of likely N-dealkylation sites (tertiary alicyclic amines) is 1. The first-order chi connectivity index (χ1) is 8.79. The standard InChI is InChI=1S/C14H17N3O/c15-10-12-4-6-13(7-5-12)11-16-14(18)17-8-2-1-3-9-17/h4-7H,1-3,8-9,11H2,(H,16,18). The maximum Gasteiger partial charge on any atom is 0.317 e. The number of carbonyl (C=O) groups excluding carboxylic acids is 1. The molecule has 1 aromatic rings. The van der Waals surface area contributed by atoms with Gasteiger partial charge < -0.3 is 10.2 Å². The highest BCUT2D eigenvalue weighted by Crippen LogP contribution is 2.09. The van der Waals surface area contributed by atoms with Crippen LogP contribution in [0.5, 0.6) is 0 Å². The van der Waals surface area contributed by atoms with E-state index in [4.69, 9.17) is 5.26 Å². The van der Waals surface area contributed by atoms with Gasteiger partial charge in [-0.15, -0.1) is 0 Å². The van der Waals surface area contributed by atoms with Crippen molar-refractivity contribution in [2.75, 3.05) is 13.1 Å². The summed E-state index contributed by atoms with van der Waals surface area (Å²) >= 11 is 0. The highest BCUT2D eigenvalue weighted by atomic mass is 16.2. The molecule has 0 spiro atoms. The molecule has 1 heterocycles. The van der Waals surface area contributed by atoms with E-state index in [1.165, 1.54) is 6.42 Å². The van der Waals surface area contributed by atoms with Crippen LogP contribution in [0, 0.1) is 11.3 Å². The van der Waals surface area contributed by atoms with Crippen molar-refractivity contribution in [1.29, 1.82) is 5.26 Å². The molecule has 0 bridgehead atoms. The first-order valence-electron chi connectivity index (χ1n) is 6.31. The number of benzene rings is 1. The van der Waals surface area contributed by atoms with Gasteiger partial charge >= 0.3 is 6.03 Å². The van der Waals surface area contributed by atoms with Crippen LogP contribution < -0.4 is 5.32 Å². The number of nitriles is 1. The number of rotatable bonds is 2. The minimum atomic E-state index is 0.0130. The Morgan fingerprint density at radius 3 is 2.50 bits per heavy atom. The Morgan fingerprint density at radius 1 is 1.22 bits per heavy atom. The Labute approximate surface area is 107 Å². The molecule has 1 N–H and O–H groups in total. The van der Waals surface area contributed by atoms with Crippen LogP contribution >= 0.6 is 0 Å². The van der Waals surface area contributed by atoms with Crippen LogP contribution in [0.2, 0.25) is 0 Å². The van der Waals surface area contributed by atoms with Gasteiger partial charge in [0.05, 0.1) is 11.6 Å². The van der Waals surface area contributed by atoms with Crippen molar-refractivity contribution in [3.63, 3.8) is 0 Å². The molecule has 0 aliphatic carbocycles. The fraction of sp³-hybridized carbons (Fsp3) is 0.429. The summed E-state index contributed by atoms with van der Waals surface area (Å²) in [6.45, 7) is 2.24. The average molecular weight is 243 g/mol. The van der Waals surface area contributed by atoms with E-state index < -0.39 is 0 Å². The summed E-state index contributed by atoms with van der Waals surface area (Å²) in [5, 5.41) is 11.6. The summed E-state index contributed by atoms with van der Waals surface area (Å²) < 4.78 is 0. The van der Waals surface area contributed by atoms with Crippen molar-refractivity contribution < 1.29 is 4.79 Å². The van der Waals surface area contributed by atoms with Crippen LogP contribution in [-0.4, -0.2) is 24.0 Å². The Bertz CT molecular complexity index is 441. The zero-order chi connectivity index (χ0) is 12.8. The number of amides is 2. The van der Waals surface area contributed by atoms with E-state index in [1.807, 2.05) is 17.0 Å². The molecule has 0 saturated carbocycles. The van der Waals surface area contributed by atoms with E-state index in [1.54, 1.807) is 12.1 Å². The molecule has 94 valence electrons. The number of piperidine rings is 1. The lowest BCUT2D eigenvalue weighted by Crippen LogP contribution is -2.42. The van der Waals surface area contributed by atoms with Crippen molar-refractivity contribution in [3.8, 4) is 6.07 Å². The zero-order valence-electron chi connectivity index (χ0n) is 10.4. The van der Waals surface area contributed by atoms with Crippen molar-refractivity contribution >= 4 is 6.03 Å². The Balaban J connectivity index is 1.83. The summed E-state index contributed by atoms with van der Waals surface area (Å²) in [6.07, 6.45) is 3.42. The highest BCUT2D eigenvalue weighted by molar-refractivity contribution is 5.74. The minimum absolute atomic E-state index is 0.0130. The number of nitrogens with one attached hydrogen (secondary N) is 1. The Morgan fingerprint density at radius 2 is 1.89 bits per heavy atom. The fourth-order valence-corrected chi connectivity index (χ4v) is 2.08. The van der Waals surface area contributed by atoms with Crippen LogP contribution in [0.3, 0.4) is 0 Å². The van der Waals surface area contributed by atoms with E-state index in [9.17, 15) is 4.79 Å². The van der Waals surface area contributed by atoms with Crippen LogP contribution in [0.15, 0.2) is 24.3 Å². The van der Waals surface area contributed by atoms with Crippen molar-refractivity contribution in [2.24, 2.45) is 0 Å². The van der Waals surface area contributed by atoms with Gasteiger partial charge in [0.25, 0.3) is 0 Å². The number of hydrogen-bond acceptors (Lipinski definition) is 2. The van der Waals surface area contributed by atoms with Crippen molar-refractivity contribution in [1.82, 2.24) is 10.2 Å². The number of carbonyl (C=O) groups is 1. The van der Waals surface area contributed by atoms with Gasteiger partial charge in [-0.3, -0.25) is 0 Å². The first kappa shape index (κ1) is 12.4. The molecule has 1 aliphatic rings. The second-order valence-electron chi connectivity index (χ2n) is 4.52. The number of urea groups is 1. The molecule has 1 saturated heterocycles. The molecule has 0 atom stereocenters. The van der Waals surface area contributed by atoms with Gasteiger partial charge in [-0.1, -0.05) is 12.1 Å². The molecular formula is C14H17N3O. The zero-order valence-corrected chi connectivity index (χ0v) is 10.4. The molecule has 18 heavy (non-hydrogen) atoms. The summed E-state index contributed by atoms with van der Waals surface area (Å²) in [4.78, 5) is 13.7. The second-order valence-corrected chi connectivity index (χ2v) is 4.52. The lowest BCUT2D eigenvalue weighted by atomic mass is 10.1. The number of hydrogen-bond donors (Lipinski definition) is 1. The first-order valence-corrected chi connectivity index (χ1v) is 6.31. The van der Waals surface area contributed by atoms with E-state index in [0.29, 0.717) is 12.1 Å². The van der Waals surface area contributed by atoms with Crippen LogP contribution in [0.25, 0.3) is 0 Å². The molecule has 2 amide bonds. The average Bonchev–Trinajstić information content (AvgIpc) is 2.46. The molecule has 1 aromatic carbocycles. The molecule has 2 rings (SSSR count). The quantitative estimate of drug-likeness (QED) is 0.866. The molecule has 0 radical (unpaired) electrons. The van der Waals surface area contributed by atoms with Crippen molar-refractivity contribution in [3.05, 3.63) is 35.4 Å². The minimum Gasteiger partial charge on any atom is -0.334 e. The second kappa shape index (κ2) is 6.06. The fourth-order valence-electron chi connectivity index (χ4n) is 2.08. The summed E-state index contributed by atoms with van der Waals surface area (Å²) in [5.41, 5.74) is 1.65. The van der Waals surface area contributed by atoms with Gasteiger partial charge in [-0.25, -0.2) is 4.79 Å². The smallest absolute Gasteiger partial charge is 0.317 e. The van der Waals surface area contributed by atoms with E-state index in [2.05, 4.69) is 11.4 Å². The maximum atomic E-state index is 11.9. The Kier molecular flexibility index (Phi) is 4.19. The van der Waals surface area contributed by atoms with Crippen molar-refractivity contribution in [2.45, 2.75) is 25.8 Å². The Hall–Kier alpha value is -2.02. The molecule has 0 aromatic heterocycles. The predicted octanol–water partition coefficient (Wildman–Crippen LogP) is 2.25. The van der Waals surface area contributed by atoms with E-state index in [-0.39, 0.29) is 6.03 Å². The number of nitrogens with zero attached hydrogens (tertiary/aromatic N) is 2. The lowest BCUT2D eigenvalue weighted by Gasteiger charge is -2.26. The molecular weight excluding hydrogens is 226 g/mol. The maximum absolute atomic E-state index is 11.9. The van der Waals surface area contributed by atoms with E-state index >= 15 is 0 Å². The lowest BCUT2D eigenvalue weighted by molar-refractivity contribution is 0.186. The summed E-state index contributed by atoms with van der Waals surface area (Å²) in [6, 6.07) is 9.36. The molecule has 1 fully saturated rings. The summed E-state index contributed by atoms with van der Waals surface area (Å²) in [7, 11) is 0. The van der Waals surface area contributed by atoms with Gasteiger partial charge in [0.15, 0.2) is 0 Å². The van der Waals surface area contributed by atoms with Gasteiger partial charge in [-0.2, -0.15) is 5.26 Å². The third-order valence-corrected chi connectivity index (χ3v) is 3.17. The third-order valence-electron chi connectivity index (χ3n) is 3.17. The molecule has 4 nitrogen and oxygen atoms in total. The topological polar surface area (TPSA) is 56.1 Å². The third kappa shape index (κ3) is 3.24. The molecule has 0 unspecified atom stereocenters. The van der Waals surface area contributed by atoms with Crippen LogP contribution in [0.1, 0.15) is 30.4 Å². The highest BCUT2D eigenvalue weighted by Gasteiger charge is 2.15. The van der Waals surface area contributed by atoms with Gasteiger partial charge in [0.1, 0.15) is 0 Å².